The van der Waals surface area contributed by atoms with Crippen molar-refractivity contribution in [1.29, 1.82) is 0 Å². The second-order valence-electron chi connectivity index (χ2n) is 4.72. The zero-order chi connectivity index (χ0) is 13.5. The maximum absolute atomic E-state index is 11.2. The smallest absolute Gasteiger partial charge is 0.358 e. The fourth-order valence-electron chi connectivity index (χ4n) is 2.21. The van der Waals surface area contributed by atoms with Gasteiger partial charge in [0.15, 0.2) is 5.69 Å². The third kappa shape index (κ3) is 4.17. The molecule has 1 fully saturated rings. The van der Waals surface area contributed by atoms with Crippen molar-refractivity contribution in [3.05, 3.63) is 17.8 Å². The summed E-state index contributed by atoms with van der Waals surface area (Å²) in [6, 6.07) is 3.36. The average molecular weight is 264 g/mol. The van der Waals surface area contributed by atoms with Crippen LogP contribution in [-0.2, 0) is 4.74 Å². The van der Waals surface area contributed by atoms with Crippen LogP contribution in [-0.4, -0.2) is 42.9 Å². The highest BCUT2D eigenvalue weighted by molar-refractivity contribution is 5.86. The van der Waals surface area contributed by atoms with Crippen LogP contribution in [0.15, 0.2) is 12.1 Å². The van der Waals surface area contributed by atoms with Crippen LogP contribution < -0.4 is 10.6 Å². The maximum atomic E-state index is 11.2. The van der Waals surface area contributed by atoms with Gasteiger partial charge in [0.1, 0.15) is 5.82 Å². The zero-order valence-electron chi connectivity index (χ0n) is 11.2. The molecule has 0 aromatic carbocycles. The van der Waals surface area contributed by atoms with E-state index in [-0.39, 0.29) is 5.69 Å². The molecule has 1 aliphatic rings. The van der Waals surface area contributed by atoms with Gasteiger partial charge in [-0.1, -0.05) is 0 Å². The first-order chi connectivity index (χ1) is 9.29. The predicted octanol–water partition coefficient (Wildman–Crippen LogP) is 1.06. The molecule has 6 heteroatoms. The average Bonchev–Trinajstić information content (AvgIpc) is 2.48. The number of hydrogen-bond donors (Lipinski definition) is 2. The molecule has 6 nitrogen and oxygen atoms in total. The number of carbonyl (C=O) groups is 1. The molecule has 0 aliphatic carbocycles. The van der Waals surface area contributed by atoms with Gasteiger partial charge in [-0.3, -0.25) is 0 Å². The fraction of sp³-hybridized carbons (Fsp3) is 0.615. The molecule has 0 saturated carbocycles. The largest absolute Gasteiger partial charge is 0.464 e. The first kappa shape index (κ1) is 13.7. The summed E-state index contributed by atoms with van der Waals surface area (Å²) in [4.78, 5) is 11.2. The van der Waals surface area contributed by atoms with Gasteiger partial charge < -0.3 is 15.4 Å². The molecule has 0 spiro atoms. The topological polar surface area (TPSA) is 76.1 Å². The molecule has 104 valence electrons. The molecule has 0 bridgehead atoms. The molecule has 0 radical (unpaired) electrons. The number of esters is 1. The predicted molar refractivity (Wildman–Crippen MR) is 72.1 cm³/mol. The van der Waals surface area contributed by atoms with Gasteiger partial charge in [0.05, 0.1) is 7.11 Å². The molecule has 1 atom stereocenters. The molecule has 1 aliphatic heterocycles. The highest BCUT2D eigenvalue weighted by Crippen LogP contribution is 2.14. The Labute approximate surface area is 112 Å². The molecule has 19 heavy (non-hydrogen) atoms. The first-order valence-electron chi connectivity index (χ1n) is 6.66. The second-order valence-corrected chi connectivity index (χ2v) is 4.72. The van der Waals surface area contributed by atoms with Gasteiger partial charge in [0, 0.05) is 6.54 Å². The van der Waals surface area contributed by atoms with Crippen molar-refractivity contribution in [1.82, 2.24) is 15.5 Å². The summed E-state index contributed by atoms with van der Waals surface area (Å²) in [5.74, 6) is 0.965. The summed E-state index contributed by atoms with van der Waals surface area (Å²) in [6.07, 6.45) is 3.67. The van der Waals surface area contributed by atoms with E-state index in [4.69, 9.17) is 0 Å². The summed E-state index contributed by atoms with van der Waals surface area (Å²) in [5, 5.41) is 14.4. The van der Waals surface area contributed by atoms with E-state index >= 15 is 0 Å². The summed E-state index contributed by atoms with van der Waals surface area (Å²) in [6.45, 7) is 3.12. The molecule has 2 heterocycles. The molecule has 2 rings (SSSR count). The third-order valence-corrected chi connectivity index (χ3v) is 3.32. The second kappa shape index (κ2) is 7.04. The van der Waals surface area contributed by atoms with Gasteiger partial charge in [-0.25, -0.2) is 4.79 Å². The maximum Gasteiger partial charge on any atom is 0.358 e. The van der Waals surface area contributed by atoms with E-state index < -0.39 is 5.97 Å². The SMILES string of the molecule is COC(=O)c1ccc(NCCC2CCCNC2)nn1. The number of hydrogen-bond acceptors (Lipinski definition) is 6. The normalized spacial score (nSPS) is 18.9. The van der Waals surface area contributed by atoms with Crippen molar-refractivity contribution >= 4 is 11.8 Å². The van der Waals surface area contributed by atoms with Crippen molar-refractivity contribution in [2.24, 2.45) is 5.92 Å². The number of ether oxygens (including phenoxy) is 1. The Morgan fingerprint density at radius 2 is 2.42 bits per heavy atom. The van der Waals surface area contributed by atoms with Crippen LogP contribution in [0.25, 0.3) is 0 Å². The van der Waals surface area contributed by atoms with Gasteiger partial charge in [-0.2, -0.15) is 0 Å². The van der Waals surface area contributed by atoms with Crippen molar-refractivity contribution in [3.63, 3.8) is 0 Å². The lowest BCUT2D eigenvalue weighted by Gasteiger charge is -2.22. The van der Waals surface area contributed by atoms with Gasteiger partial charge in [-0.15, -0.1) is 10.2 Å². The van der Waals surface area contributed by atoms with Crippen molar-refractivity contribution in [2.45, 2.75) is 19.3 Å². The molecule has 1 unspecified atom stereocenters. The van der Waals surface area contributed by atoms with E-state index in [1.807, 2.05) is 0 Å². The summed E-state index contributed by atoms with van der Waals surface area (Å²) < 4.78 is 4.57. The molecular weight excluding hydrogens is 244 g/mol. The minimum atomic E-state index is -0.465. The standard InChI is InChI=1S/C13H20N4O2/c1-19-13(18)11-4-5-12(17-16-11)15-8-6-10-3-2-7-14-9-10/h4-5,10,14H,2-3,6-9H2,1H3,(H,15,17). The van der Waals surface area contributed by atoms with E-state index in [0.29, 0.717) is 5.82 Å². The van der Waals surface area contributed by atoms with Crippen LogP contribution in [0.1, 0.15) is 29.8 Å². The van der Waals surface area contributed by atoms with Gasteiger partial charge >= 0.3 is 5.97 Å². The Morgan fingerprint density at radius 3 is 3.05 bits per heavy atom. The van der Waals surface area contributed by atoms with E-state index in [1.165, 1.54) is 20.0 Å². The lowest BCUT2D eigenvalue weighted by Crippen LogP contribution is -2.30. The first-order valence-corrected chi connectivity index (χ1v) is 6.66. The number of nitrogens with zero attached hydrogens (tertiary/aromatic N) is 2. The van der Waals surface area contributed by atoms with Crippen LogP contribution in [0.4, 0.5) is 5.82 Å². The van der Waals surface area contributed by atoms with E-state index in [9.17, 15) is 4.79 Å². The van der Waals surface area contributed by atoms with Crippen molar-refractivity contribution in [2.75, 3.05) is 32.1 Å². The molecule has 1 aromatic heterocycles. The van der Waals surface area contributed by atoms with Crippen molar-refractivity contribution < 1.29 is 9.53 Å². The van der Waals surface area contributed by atoms with Crippen molar-refractivity contribution in [3.8, 4) is 0 Å². The Bertz CT molecular complexity index is 402. The number of carbonyl (C=O) groups excluding carboxylic acids is 1. The zero-order valence-corrected chi connectivity index (χ0v) is 11.2. The minimum absolute atomic E-state index is 0.226. The Morgan fingerprint density at radius 1 is 1.53 bits per heavy atom. The Balaban J connectivity index is 1.75. The van der Waals surface area contributed by atoms with Crippen LogP contribution in [0.2, 0.25) is 0 Å². The monoisotopic (exact) mass is 264 g/mol. The molecule has 1 aromatic rings. The lowest BCUT2D eigenvalue weighted by atomic mass is 9.96. The molecule has 0 amide bonds. The van der Waals surface area contributed by atoms with E-state index in [0.717, 1.165) is 32.0 Å². The van der Waals surface area contributed by atoms with E-state index in [1.54, 1.807) is 12.1 Å². The number of methoxy groups -OCH3 is 1. The summed E-state index contributed by atoms with van der Waals surface area (Å²) in [5.41, 5.74) is 0.226. The lowest BCUT2D eigenvalue weighted by molar-refractivity contribution is 0.0593. The fourth-order valence-corrected chi connectivity index (χ4v) is 2.21. The van der Waals surface area contributed by atoms with Crippen LogP contribution in [0.3, 0.4) is 0 Å². The van der Waals surface area contributed by atoms with Crippen LogP contribution in [0.5, 0.6) is 0 Å². The van der Waals surface area contributed by atoms with Gasteiger partial charge in [0.2, 0.25) is 0 Å². The number of nitrogens with one attached hydrogen (secondary N) is 2. The molecule has 2 N–H and O–H groups in total. The minimum Gasteiger partial charge on any atom is -0.464 e. The van der Waals surface area contributed by atoms with Gasteiger partial charge in [-0.05, 0) is 50.4 Å². The molecular formula is C13H20N4O2. The summed E-state index contributed by atoms with van der Waals surface area (Å²) in [7, 11) is 1.33. The Kier molecular flexibility index (Phi) is 5.09. The quantitative estimate of drug-likeness (QED) is 0.775. The number of piperidine rings is 1. The van der Waals surface area contributed by atoms with Crippen LogP contribution in [0, 0.1) is 5.92 Å². The van der Waals surface area contributed by atoms with Gasteiger partial charge in [0.25, 0.3) is 0 Å². The van der Waals surface area contributed by atoms with E-state index in [2.05, 4.69) is 25.6 Å². The van der Waals surface area contributed by atoms with Crippen LogP contribution >= 0.6 is 0 Å². The highest BCUT2D eigenvalue weighted by Gasteiger charge is 2.12. The highest BCUT2D eigenvalue weighted by atomic mass is 16.5. The number of aromatic nitrogens is 2. The number of anilines is 1. The molecule has 1 saturated heterocycles. The Hall–Kier alpha value is -1.69. The third-order valence-electron chi connectivity index (χ3n) is 3.32. The number of rotatable bonds is 5. The summed E-state index contributed by atoms with van der Waals surface area (Å²) >= 11 is 0.